The van der Waals surface area contributed by atoms with Gasteiger partial charge in [0.05, 0.1) is 18.7 Å². The van der Waals surface area contributed by atoms with Crippen molar-refractivity contribution < 1.29 is 4.74 Å². The monoisotopic (exact) mass is 398 g/mol. The number of hydrogen-bond donors (Lipinski definition) is 1. The van der Waals surface area contributed by atoms with Gasteiger partial charge < -0.3 is 10.1 Å². The molecular weight excluding hydrogens is 380 g/mol. The van der Waals surface area contributed by atoms with E-state index in [-0.39, 0.29) is 12.1 Å². The zero-order valence-electron chi connectivity index (χ0n) is 13.9. The van der Waals surface area contributed by atoms with E-state index < -0.39 is 0 Å². The van der Waals surface area contributed by atoms with Crippen molar-refractivity contribution in [1.82, 2.24) is 14.8 Å². The SMILES string of the molecule is CCOc1ccccc1C1CC(c2ccc(Br)cc2)Nc2ncnn21. The van der Waals surface area contributed by atoms with Crippen molar-refractivity contribution in [3.8, 4) is 5.75 Å². The highest BCUT2D eigenvalue weighted by Gasteiger charge is 2.31. The van der Waals surface area contributed by atoms with E-state index >= 15 is 0 Å². The number of nitrogens with zero attached hydrogens (tertiary/aromatic N) is 3. The second-order valence-corrected chi connectivity index (χ2v) is 6.91. The predicted molar refractivity (Wildman–Crippen MR) is 101 cm³/mol. The second kappa shape index (κ2) is 6.88. The average Bonchev–Trinajstić information content (AvgIpc) is 3.11. The molecule has 128 valence electrons. The van der Waals surface area contributed by atoms with Crippen molar-refractivity contribution in [3.63, 3.8) is 0 Å². The Morgan fingerprint density at radius 2 is 2.00 bits per heavy atom. The van der Waals surface area contributed by atoms with E-state index in [0.717, 1.165) is 28.2 Å². The lowest BCUT2D eigenvalue weighted by atomic mass is 9.93. The Morgan fingerprint density at radius 3 is 2.80 bits per heavy atom. The van der Waals surface area contributed by atoms with Crippen LogP contribution in [0.1, 0.15) is 36.6 Å². The molecule has 1 N–H and O–H groups in total. The van der Waals surface area contributed by atoms with Gasteiger partial charge >= 0.3 is 0 Å². The van der Waals surface area contributed by atoms with Crippen molar-refractivity contribution in [2.24, 2.45) is 0 Å². The van der Waals surface area contributed by atoms with Gasteiger partial charge in [-0.15, -0.1) is 0 Å². The minimum atomic E-state index is 0.0788. The first-order valence-corrected chi connectivity index (χ1v) is 9.18. The molecule has 2 heterocycles. The van der Waals surface area contributed by atoms with Crippen LogP contribution in [-0.4, -0.2) is 21.4 Å². The van der Waals surface area contributed by atoms with E-state index in [1.54, 1.807) is 6.33 Å². The zero-order chi connectivity index (χ0) is 17.2. The molecule has 0 bridgehead atoms. The van der Waals surface area contributed by atoms with Crippen LogP contribution in [0.2, 0.25) is 0 Å². The molecule has 2 atom stereocenters. The highest BCUT2D eigenvalue weighted by molar-refractivity contribution is 9.10. The second-order valence-electron chi connectivity index (χ2n) is 6.00. The lowest BCUT2D eigenvalue weighted by Gasteiger charge is -2.32. The summed E-state index contributed by atoms with van der Waals surface area (Å²) in [6.45, 7) is 2.65. The number of hydrogen-bond acceptors (Lipinski definition) is 4. The molecule has 0 saturated heterocycles. The third-order valence-corrected chi connectivity index (χ3v) is 5.01. The van der Waals surface area contributed by atoms with Crippen molar-refractivity contribution in [3.05, 3.63) is 70.5 Å². The van der Waals surface area contributed by atoms with Gasteiger partial charge in [0.1, 0.15) is 12.1 Å². The number of nitrogens with one attached hydrogen (secondary N) is 1. The third kappa shape index (κ3) is 3.14. The van der Waals surface area contributed by atoms with Crippen molar-refractivity contribution in [2.75, 3.05) is 11.9 Å². The fourth-order valence-corrected chi connectivity index (χ4v) is 3.60. The maximum absolute atomic E-state index is 5.85. The standard InChI is InChI=1S/C19H19BrN4O/c1-2-25-18-6-4-3-5-15(18)17-11-16(13-7-9-14(20)10-8-13)23-19-21-12-22-24(17)19/h3-10,12,16-17H,2,11H2,1H3,(H,21,22,23). The van der Waals surface area contributed by atoms with E-state index in [4.69, 9.17) is 4.74 Å². The Morgan fingerprint density at radius 1 is 1.20 bits per heavy atom. The van der Waals surface area contributed by atoms with Gasteiger partial charge in [0.15, 0.2) is 0 Å². The molecule has 0 fully saturated rings. The minimum Gasteiger partial charge on any atom is -0.494 e. The molecule has 0 spiro atoms. The van der Waals surface area contributed by atoms with Crippen LogP contribution in [0.3, 0.4) is 0 Å². The largest absolute Gasteiger partial charge is 0.494 e. The molecule has 5 nitrogen and oxygen atoms in total. The number of para-hydroxylation sites is 1. The number of halogens is 1. The summed E-state index contributed by atoms with van der Waals surface area (Å²) >= 11 is 3.50. The number of fused-ring (bicyclic) bond motifs is 1. The fourth-order valence-electron chi connectivity index (χ4n) is 3.34. The van der Waals surface area contributed by atoms with Gasteiger partial charge in [-0.2, -0.15) is 10.1 Å². The summed E-state index contributed by atoms with van der Waals surface area (Å²) in [5.41, 5.74) is 2.37. The Labute approximate surface area is 155 Å². The highest BCUT2D eigenvalue weighted by atomic mass is 79.9. The van der Waals surface area contributed by atoms with Gasteiger partial charge in [-0.3, -0.25) is 0 Å². The molecule has 1 aliphatic rings. The van der Waals surface area contributed by atoms with Crippen LogP contribution in [0.5, 0.6) is 5.75 Å². The zero-order valence-corrected chi connectivity index (χ0v) is 15.5. The van der Waals surface area contributed by atoms with E-state index in [2.05, 4.69) is 61.7 Å². The maximum Gasteiger partial charge on any atom is 0.222 e. The normalized spacial score (nSPS) is 19.1. The first-order valence-electron chi connectivity index (χ1n) is 8.39. The number of benzene rings is 2. The molecule has 0 saturated carbocycles. The fraction of sp³-hybridized carbons (Fsp3) is 0.263. The Kier molecular flexibility index (Phi) is 4.44. The van der Waals surface area contributed by atoms with Crippen molar-refractivity contribution >= 4 is 21.9 Å². The van der Waals surface area contributed by atoms with Crippen LogP contribution in [0.15, 0.2) is 59.3 Å². The topological polar surface area (TPSA) is 52.0 Å². The summed E-state index contributed by atoms with van der Waals surface area (Å²) in [6.07, 6.45) is 2.48. The molecule has 1 aliphatic heterocycles. The summed E-state index contributed by atoms with van der Waals surface area (Å²) in [5, 5.41) is 7.94. The number of anilines is 1. The van der Waals surface area contributed by atoms with E-state index in [0.29, 0.717) is 6.61 Å². The first kappa shape index (κ1) is 16.1. The van der Waals surface area contributed by atoms with Gasteiger partial charge in [0, 0.05) is 10.0 Å². The van der Waals surface area contributed by atoms with Crippen LogP contribution < -0.4 is 10.1 Å². The van der Waals surface area contributed by atoms with Crippen LogP contribution in [0.4, 0.5) is 5.95 Å². The van der Waals surface area contributed by atoms with Gasteiger partial charge in [-0.1, -0.05) is 46.3 Å². The molecule has 3 aromatic rings. The molecular formula is C19H19BrN4O. The highest BCUT2D eigenvalue weighted by Crippen LogP contribution is 2.40. The first-order chi connectivity index (χ1) is 12.3. The third-order valence-electron chi connectivity index (χ3n) is 4.48. The lowest BCUT2D eigenvalue weighted by Crippen LogP contribution is -2.28. The Balaban J connectivity index is 1.74. The minimum absolute atomic E-state index is 0.0788. The number of aromatic nitrogens is 3. The average molecular weight is 399 g/mol. The Hall–Kier alpha value is -2.34. The molecule has 6 heteroatoms. The lowest BCUT2D eigenvalue weighted by molar-refractivity contribution is 0.325. The molecule has 0 radical (unpaired) electrons. The summed E-state index contributed by atoms with van der Waals surface area (Å²) in [4.78, 5) is 4.39. The molecule has 2 unspecified atom stereocenters. The van der Waals surface area contributed by atoms with Crippen LogP contribution >= 0.6 is 15.9 Å². The van der Waals surface area contributed by atoms with E-state index in [9.17, 15) is 0 Å². The van der Waals surface area contributed by atoms with Gasteiger partial charge in [0.25, 0.3) is 0 Å². The Bertz CT molecular complexity index is 862. The van der Waals surface area contributed by atoms with E-state index in [1.165, 1.54) is 5.56 Å². The molecule has 25 heavy (non-hydrogen) atoms. The summed E-state index contributed by atoms with van der Waals surface area (Å²) < 4.78 is 8.88. The van der Waals surface area contributed by atoms with Gasteiger partial charge in [-0.25, -0.2) is 4.68 Å². The van der Waals surface area contributed by atoms with Gasteiger partial charge in [-0.05, 0) is 37.1 Å². The summed E-state index contributed by atoms with van der Waals surface area (Å²) in [6, 6.07) is 16.9. The predicted octanol–water partition coefficient (Wildman–Crippen LogP) is 4.59. The maximum atomic E-state index is 5.85. The molecule has 0 aliphatic carbocycles. The molecule has 4 rings (SSSR count). The molecule has 0 amide bonds. The van der Waals surface area contributed by atoms with Crippen LogP contribution in [0, 0.1) is 0 Å². The molecule has 2 aromatic carbocycles. The van der Waals surface area contributed by atoms with Crippen molar-refractivity contribution in [2.45, 2.75) is 25.4 Å². The molecule has 1 aromatic heterocycles. The van der Waals surface area contributed by atoms with Crippen LogP contribution in [0.25, 0.3) is 0 Å². The number of rotatable bonds is 4. The van der Waals surface area contributed by atoms with E-state index in [1.807, 2.05) is 29.8 Å². The number of ether oxygens (including phenoxy) is 1. The quantitative estimate of drug-likeness (QED) is 0.698. The van der Waals surface area contributed by atoms with Gasteiger partial charge in [0.2, 0.25) is 5.95 Å². The smallest absolute Gasteiger partial charge is 0.222 e. The summed E-state index contributed by atoms with van der Waals surface area (Å²) in [5.74, 6) is 1.70. The van der Waals surface area contributed by atoms with Crippen molar-refractivity contribution in [1.29, 1.82) is 0 Å². The van der Waals surface area contributed by atoms with Crippen LogP contribution in [-0.2, 0) is 0 Å². The summed E-state index contributed by atoms with van der Waals surface area (Å²) in [7, 11) is 0.